The number of fused-ring (bicyclic) bond motifs is 2. The third-order valence-electron chi connectivity index (χ3n) is 3.13. The van der Waals surface area contributed by atoms with Crippen LogP contribution >= 0.6 is 0 Å². The predicted octanol–water partition coefficient (Wildman–Crippen LogP) is 2.28. The molecular formula is C10H11NO. The predicted molar refractivity (Wildman–Crippen MR) is 44.7 cm³/mol. The lowest BCUT2D eigenvalue weighted by Gasteiger charge is -2.18. The quantitative estimate of drug-likeness (QED) is 0.590. The monoisotopic (exact) mass is 161 g/mol. The van der Waals surface area contributed by atoms with E-state index in [4.69, 9.17) is 4.42 Å². The van der Waals surface area contributed by atoms with Gasteiger partial charge in [0.15, 0.2) is 0 Å². The highest BCUT2D eigenvalue weighted by atomic mass is 16.3. The van der Waals surface area contributed by atoms with Gasteiger partial charge in [0, 0.05) is 0 Å². The van der Waals surface area contributed by atoms with Crippen LogP contribution in [0.5, 0.6) is 0 Å². The number of oxazole rings is 1. The van der Waals surface area contributed by atoms with E-state index in [1.165, 1.54) is 19.3 Å². The summed E-state index contributed by atoms with van der Waals surface area (Å²) < 4.78 is 5.38. The Morgan fingerprint density at radius 3 is 3.08 bits per heavy atom. The van der Waals surface area contributed by atoms with Gasteiger partial charge in [-0.3, -0.25) is 0 Å². The lowest BCUT2D eigenvalue weighted by molar-refractivity contribution is 0.388. The van der Waals surface area contributed by atoms with E-state index in [9.17, 15) is 0 Å². The molecule has 1 heterocycles. The zero-order valence-electron chi connectivity index (χ0n) is 6.86. The number of nitrogens with zero attached hydrogens (tertiary/aromatic N) is 1. The molecule has 0 aliphatic heterocycles. The Labute approximate surface area is 71.3 Å². The third-order valence-corrected chi connectivity index (χ3v) is 3.13. The average Bonchev–Trinajstić information content (AvgIpc) is 2.82. The van der Waals surface area contributed by atoms with E-state index in [-0.39, 0.29) is 5.41 Å². The summed E-state index contributed by atoms with van der Waals surface area (Å²) in [5.74, 6) is 1.70. The normalized spacial score (nSPS) is 37.8. The average molecular weight is 161 g/mol. The second kappa shape index (κ2) is 2.00. The van der Waals surface area contributed by atoms with Crippen molar-refractivity contribution >= 4 is 0 Å². The SMILES string of the molecule is C1=CC2(c3ncco3)CCC1C2. The van der Waals surface area contributed by atoms with Crippen molar-refractivity contribution in [3.05, 3.63) is 30.5 Å². The summed E-state index contributed by atoms with van der Waals surface area (Å²) in [5.41, 5.74) is 0.175. The zero-order chi connectivity index (χ0) is 8.02. The Kier molecular flexibility index (Phi) is 1.08. The molecule has 2 unspecified atom stereocenters. The van der Waals surface area contributed by atoms with Crippen molar-refractivity contribution in [1.82, 2.24) is 4.98 Å². The van der Waals surface area contributed by atoms with Crippen molar-refractivity contribution in [2.24, 2.45) is 5.92 Å². The van der Waals surface area contributed by atoms with E-state index in [0.29, 0.717) is 0 Å². The molecule has 2 aliphatic rings. The van der Waals surface area contributed by atoms with E-state index >= 15 is 0 Å². The van der Waals surface area contributed by atoms with Gasteiger partial charge in [-0.15, -0.1) is 0 Å². The maximum Gasteiger partial charge on any atom is 0.203 e. The van der Waals surface area contributed by atoms with E-state index in [0.717, 1.165) is 11.8 Å². The van der Waals surface area contributed by atoms with Crippen molar-refractivity contribution in [3.63, 3.8) is 0 Å². The van der Waals surface area contributed by atoms with Crippen LogP contribution in [-0.2, 0) is 5.41 Å². The van der Waals surface area contributed by atoms with E-state index in [2.05, 4.69) is 17.1 Å². The minimum Gasteiger partial charge on any atom is -0.448 e. The lowest BCUT2D eigenvalue weighted by atomic mass is 9.88. The Bertz CT molecular complexity index is 315. The van der Waals surface area contributed by atoms with Crippen LogP contribution in [0.1, 0.15) is 25.2 Å². The molecule has 0 amide bonds. The Balaban J connectivity index is 2.07. The van der Waals surface area contributed by atoms with Crippen LogP contribution in [0, 0.1) is 5.92 Å². The van der Waals surface area contributed by atoms with Gasteiger partial charge < -0.3 is 4.42 Å². The smallest absolute Gasteiger partial charge is 0.203 e. The third kappa shape index (κ3) is 0.675. The maximum atomic E-state index is 5.38. The number of rotatable bonds is 1. The fourth-order valence-electron chi connectivity index (χ4n) is 2.49. The van der Waals surface area contributed by atoms with Crippen LogP contribution in [0.25, 0.3) is 0 Å². The van der Waals surface area contributed by atoms with Crippen molar-refractivity contribution in [2.75, 3.05) is 0 Å². The minimum atomic E-state index is 0.175. The van der Waals surface area contributed by atoms with Crippen LogP contribution in [0.4, 0.5) is 0 Å². The number of aromatic nitrogens is 1. The van der Waals surface area contributed by atoms with E-state index < -0.39 is 0 Å². The van der Waals surface area contributed by atoms with Gasteiger partial charge in [0.25, 0.3) is 0 Å². The molecule has 2 bridgehead atoms. The van der Waals surface area contributed by atoms with Crippen LogP contribution in [0.3, 0.4) is 0 Å². The highest BCUT2D eigenvalue weighted by Crippen LogP contribution is 2.50. The van der Waals surface area contributed by atoms with Gasteiger partial charge in [0.05, 0.1) is 11.6 Å². The molecule has 1 aromatic heterocycles. The number of hydrogen-bond donors (Lipinski definition) is 0. The van der Waals surface area contributed by atoms with Gasteiger partial charge in [-0.25, -0.2) is 4.98 Å². The van der Waals surface area contributed by atoms with Crippen molar-refractivity contribution in [1.29, 1.82) is 0 Å². The Hall–Kier alpha value is -1.05. The molecule has 3 rings (SSSR count). The minimum absolute atomic E-state index is 0.175. The topological polar surface area (TPSA) is 26.0 Å². The molecular weight excluding hydrogens is 150 g/mol. The standard InChI is InChI=1S/C10H11NO/c1-3-10(4-2-8(1)7-10)9-11-5-6-12-9/h1,3,5-6,8H,2,4,7H2. The van der Waals surface area contributed by atoms with Crippen molar-refractivity contribution in [3.8, 4) is 0 Å². The molecule has 1 saturated carbocycles. The molecule has 2 nitrogen and oxygen atoms in total. The summed E-state index contributed by atoms with van der Waals surface area (Å²) in [6.07, 6.45) is 11.7. The molecule has 2 aliphatic carbocycles. The zero-order valence-corrected chi connectivity index (χ0v) is 6.86. The van der Waals surface area contributed by atoms with Gasteiger partial charge >= 0.3 is 0 Å². The molecule has 12 heavy (non-hydrogen) atoms. The summed E-state index contributed by atoms with van der Waals surface area (Å²) in [6.45, 7) is 0. The van der Waals surface area contributed by atoms with Crippen LogP contribution in [-0.4, -0.2) is 4.98 Å². The summed E-state index contributed by atoms with van der Waals surface area (Å²) in [6, 6.07) is 0. The molecule has 0 radical (unpaired) electrons. The molecule has 1 fully saturated rings. The first kappa shape index (κ1) is 6.46. The Morgan fingerprint density at radius 2 is 2.58 bits per heavy atom. The second-order valence-corrected chi connectivity index (χ2v) is 3.86. The fourth-order valence-corrected chi connectivity index (χ4v) is 2.49. The summed E-state index contributed by atoms with van der Waals surface area (Å²) in [4.78, 5) is 4.25. The first-order valence-electron chi connectivity index (χ1n) is 4.48. The summed E-state index contributed by atoms with van der Waals surface area (Å²) in [5, 5.41) is 0. The molecule has 0 N–H and O–H groups in total. The van der Waals surface area contributed by atoms with Crippen molar-refractivity contribution < 1.29 is 4.42 Å². The van der Waals surface area contributed by atoms with Gasteiger partial charge in [0.1, 0.15) is 6.26 Å². The molecule has 0 spiro atoms. The van der Waals surface area contributed by atoms with E-state index in [1.54, 1.807) is 12.5 Å². The molecule has 0 aromatic carbocycles. The molecule has 2 atom stereocenters. The second-order valence-electron chi connectivity index (χ2n) is 3.86. The van der Waals surface area contributed by atoms with Gasteiger partial charge in [-0.1, -0.05) is 12.2 Å². The maximum absolute atomic E-state index is 5.38. The lowest BCUT2D eigenvalue weighted by Crippen LogP contribution is -2.17. The van der Waals surface area contributed by atoms with Gasteiger partial charge in [-0.05, 0) is 25.2 Å². The van der Waals surface area contributed by atoms with Gasteiger partial charge in [-0.2, -0.15) is 0 Å². The van der Waals surface area contributed by atoms with Crippen LogP contribution < -0.4 is 0 Å². The summed E-state index contributed by atoms with van der Waals surface area (Å²) >= 11 is 0. The molecule has 62 valence electrons. The van der Waals surface area contributed by atoms with Gasteiger partial charge in [0.2, 0.25) is 5.89 Å². The molecule has 2 heteroatoms. The Morgan fingerprint density at radius 1 is 1.58 bits per heavy atom. The highest BCUT2D eigenvalue weighted by molar-refractivity contribution is 5.27. The molecule has 1 aromatic rings. The number of hydrogen-bond acceptors (Lipinski definition) is 2. The van der Waals surface area contributed by atoms with Crippen LogP contribution in [0.2, 0.25) is 0 Å². The van der Waals surface area contributed by atoms with E-state index in [1.807, 2.05) is 0 Å². The first-order valence-corrected chi connectivity index (χ1v) is 4.48. The first-order chi connectivity index (χ1) is 5.89. The van der Waals surface area contributed by atoms with Crippen LogP contribution in [0.15, 0.2) is 29.0 Å². The largest absolute Gasteiger partial charge is 0.448 e. The van der Waals surface area contributed by atoms with Crippen molar-refractivity contribution in [2.45, 2.75) is 24.7 Å². The number of allylic oxidation sites excluding steroid dienone is 2. The highest BCUT2D eigenvalue weighted by Gasteiger charge is 2.45. The summed E-state index contributed by atoms with van der Waals surface area (Å²) in [7, 11) is 0. The molecule has 0 saturated heterocycles. The fraction of sp³-hybridized carbons (Fsp3) is 0.500.